The van der Waals surface area contributed by atoms with Gasteiger partial charge in [-0.1, -0.05) is 26.0 Å². The van der Waals surface area contributed by atoms with E-state index in [1.807, 2.05) is 39.0 Å². The lowest BCUT2D eigenvalue weighted by molar-refractivity contribution is 0.470. The lowest BCUT2D eigenvalue weighted by Crippen LogP contribution is -2.38. The Hall–Kier alpha value is -2.34. The van der Waals surface area contributed by atoms with Crippen LogP contribution < -0.4 is 11.2 Å². The van der Waals surface area contributed by atoms with Crippen LogP contribution in [-0.2, 0) is 20.0 Å². The second-order valence-electron chi connectivity index (χ2n) is 6.82. The lowest BCUT2D eigenvalue weighted by atomic mass is 10.0. The van der Waals surface area contributed by atoms with Crippen LogP contribution in [0.2, 0.25) is 0 Å². The van der Waals surface area contributed by atoms with Crippen LogP contribution in [0.5, 0.6) is 5.75 Å². The summed E-state index contributed by atoms with van der Waals surface area (Å²) >= 11 is 1.48. The number of aromatic hydroxyl groups is 1. The SMILES string of the molecule is Cc1c(O)cccc1Cc1cc2c(=O)n(C)c(=O)n(CC(C)C)c2s1. The minimum absolute atomic E-state index is 0.255. The Kier molecular flexibility index (Phi) is 4.56. The van der Waals surface area contributed by atoms with Crippen LogP contribution in [0.15, 0.2) is 33.9 Å². The van der Waals surface area contributed by atoms with Crippen LogP contribution in [0.4, 0.5) is 0 Å². The van der Waals surface area contributed by atoms with Gasteiger partial charge in [-0.2, -0.15) is 0 Å². The molecular weight excluding hydrogens is 336 g/mol. The van der Waals surface area contributed by atoms with E-state index in [-0.39, 0.29) is 17.0 Å². The van der Waals surface area contributed by atoms with Crippen molar-refractivity contribution in [2.75, 3.05) is 0 Å². The third-order valence-electron chi connectivity index (χ3n) is 4.39. The first-order valence-electron chi connectivity index (χ1n) is 8.29. The van der Waals surface area contributed by atoms with Gasteiger partial charge in [0.1, 0.15) is 10.6 Å². The molecule has 0 spiro atoms. The zero-order valence-electron chi connectivity index (χ0n) is 14.9. The molecular formula is C19H22N2O3S. The summed E-state index contributed by atoms with van der Waals surface area (Å²) in [6, 6.07) is 7.33. The summed E-state index contributed by atoms with van der Waals surface area (Å²) in [7, 11) is 1.53. The Morgan fingerprint density at radius 1 is 1.24 bits per heavy atom. The molecule has 25 heavy (non-hydrogen) atoms. The third-order valence-corrected chi connectivity index (χ3v) is 5.55. The van der Waals surface area contributed by atoms with Gasteiger partial charge in [0.2, 0.25) is 0 Å². The molecule has 0 atom stereocenters. The quantitative estimate of drug-likeness (QED) is 0.780. The van der Waals surface area contributed by atoms with Crippen LogP contribution in [0, 0.1) is 12.8 Å². The fourth-order valence-electron chi connectivity index (χ4n) is 2.98. The minimum atomic E-state index is -0.270. The first-order chi connectivity index (χ1) is 11.8. The van der Waals surface area contributed by atoms with Gasteiger partial charge >= 0.3 is 5.69 Å². The summed E-state index contributed by atoms with van der Waals surface area (Å²) in [4.78, 5) is 26.7. The molecule has 0 unspecified atom stereocenters. The predicted octanol–water partition coefficient (Wildman–Crippen LogP) is 3.02. The molecule has 3 rings (SSSR count). The summed E-state index contributed by atoms with van der Waals surface area (Å²) in [6.45, 7) is 6.56. The van der Waals surface area contributed by atoms with Gasteiger partial charge in [0.25, 0.3) is 5.56 Å². The zero-order chi connectivity index (χ0) is 18.3. The molecule has 0 aliphatic rings. The van der Waals surface area contributed by atoms with E-state index in [1.54, 1.807) is 10.6 Å². The van der Waals surface area contributed by atoms with Crippen molar-refractivity contribution in [3.63, 3.8) is 0 Å². The molecule has 2 aromatic heterocycles. The number of hydrogen-bond acceptors (Lipinski definition) is 4. The predicted molar refractivity (Wildman–Crippen MR) is 102 cm³/mol. The Labute approximate surface area is 149 Å². The van der Waals surface area contributed by atoms with E-state index in [9.17, 15) is 14.7 Å². The van der Waals surface area contributed by atoms with Gasteiger partial charge in [-0.05, 0) is 36.1 Å². The van der Waals surface area contributed by atoms with E-state index in [0.29, 0.717) is 24.3 Å². The van der Waals surface area contributed by atoms with Crippen LogP contribution >= 0.6 is 11.3 Å². The highest BCUT2D eigenvalue weighted by Gasteiger charge is 2.16. The standard InChI is InChI=1S/C19H22N2O3S/c1-11(2)10-21-18-15(17(23)20(4)19(21)24)9-14(25-18)8-13-6-5-7-16(22)12(13)3/h5-7,9,11,22H,8,10H2,1-4H3. The molecule has 0 saturated carbocycles. The molecule has 0 fully saturated rings. The smallest absolute Gasteiger partial charge is 0.331 e. The lowest BCUT2D eigenvalue weighted by Gasteiger charge is -2.11. The first-order valence-corrected chi connectivity index (χ1v) is 9.11. The Bertz CT molecular complexity index is 1060. The van der Waals surface area contributed by atoms with Gasteiger partial charge in [0.05, 0.1) is 5.39 Å². The highest BCUT2D eigenvalue weighted by Crippen LogP contribution is 2.28. The Morgan fingerprint density at radius 3 is 2.64 bits per heavy atom. The molecule has 0 saturated heterocycles. The van der Waals surface area contributed by atoms with Gasteiger partial charge in [-0.3, -0.25) is 13.9 Å². The van der Waals surface area contributed by atoms with Gasteiger partial charge in [-0.15, -0.1) is 11.3 Å². The number of phenols is 1. The Morgan fingerprint density at radius 2 is 1.96 bits per heavy atom. The molecule has 0 aliphatic carbocycles. The molecule has 2 heterocycles. The number of hydrogen-bond donors (Lipinski definition) is 1. The van der Waals surface area contributed by atoms with Gasteiger partial charge in [0.15, 0.2) is 0 Å². The van der Waals surface area contributed by atoms with Crippen molar-refractivity contribution in [2.45, 2.75) is 33.7 Å². The van der Waals surface area contributed by atoms with E-state index in [0.717, 1.165) is 20.8 Å². The molecule has 0 aliphatic heterocycles. The number of fused-ring (bicyclic) bond motifs is 1. The highest BCUT2D eigenvalue weighted by molar-refractivity contribution is 7.18. The fraction of sp³-hybridized carbons (Fsp3) is 0.368. The first kappa shape index (κ1) is 17.5. The van der Waals surface area contributed by atoms with Gasteiger partial charge in [-0.25, -0.2) is 4.79 Å². The maximum absolute atomic E-state index is 12.5. The van der Waals surface area contributed by atoms with Crippen molar-refractivity contribution >= 4 is 21.6 Å². The summed E-state index contributed by atoms with van der Waals surface area (Å²) < 4.78 is 2.88. The molecule has 132 valence electrons. The minimum Gasteiger partial charge on any atom is -0.508 e. The number of benzene rings is 1. The number of thiophene rings is 1. The molecule has 6 heteroatoms. The van der Waals surface area contributed by atoms with Crippen molar-refractivity contribution in [2.24, 2.45) is 13.0 Å². The van der Waals surface area contributed by atoms with Crippen LogP contribution in [0.25, 0.3) is 10.2 Å². The summed E-state index contributed by atoms with van der Waals surface area (Å²) in [5.41, 5.74) is 1.33. The number of rotatable bonds is 4. The van der Waals surface area contributed by atoms with Crippen LogP contribution in [0.3, 0.4) is 0 Å². The third kappa shape index (κ3) is 3.14. The van der Waals surface area contributed by atoms with Crippen molar-refractivity contribution in [3.05, 3.63) is 61.1 Å². The van der Waals surface area contributed by atoms with Crippen molar-refractivity contribution < 1.29 is 5.11 Å². The van der Waals surface area contributed by atoms with E-state index in [1.165, 1.54) is 23.0 Å². The molecule has 1 aromatic carbocycles. The normalized spacial score (nSPS) is 11.6. The topological polar surface area (TPSA) is 64.2 Å². The zero-order valence-corrected chi connectivity index (χ0v) is 15.7. The average molecular weight is 358 g/mol. The molecule has 5 nitrogen and oxygen atoms in total. The Balaban J connectivity index is 2.16. The van der Waals surface area contributed by atoms with Gasteiger partial charge in [0, 0.05) is 24.9 Å². The maximum atomic E-state index is 12.5. The van der Waals surface area contributed by atoms with Crippen LogP contribution in [0.1, 0.15) is 29.9 Å². The van der Waals surface area contributed by atoms with Gasteiger partial charge < -0.3 is 5.11 Å². The number of nitrogens with zero attached hydrogens (tertiary/aromatic N) is 2. The molecule has 0 bridgehead atoms. The van der Waals surface area contributed by atoms with E-state index >= 15 is 0 Å². The monoisotopic (exact) mass is 358 g/mol. The number of aromatic nitrogens is 2. The molecule has 0 amide bonds. The average Bonchev–Trinajstić information content (AvgIpc) is 2.97. The summed E-state index contributed by atoms with van der Waals surface area (Å²) in [5.74, 6) is 0.573. The highest BCUT2D eigenvalue weighted by atomic mass is 32.1. The number of phenolic OH excluding ortho intramolecular Hbond substituents is 1. The molecule has 1 N–H and O–H groups in total. The summed E-state index contributed by atoms with van der Waals surface area (Å²) in [6.07, 6.45) is 0.624. The summed E-state index contributed by atoms with van der Waals surface area (Å²) in [5, 5.41) is 10.5. The second kappa shape index (κ2) is 6.52. The van der Waals surface area contributed by atoms with Crippen molar-refractivity contribution in [1.29, 1.82) is 0 Å². The maximum Gasteiger partial charge on any atom is 0.331 e. The molecule has 0 radical (unpaired) electrons. The molecule has 3 aromatic rings. The van der Waals surface area contributed by atoms with Crippen molar-refractivity contribution in [1.82, 2.24) is 9.13 Å². The fourth-order valence-corrected chi connectivity index (χ4v) is 4.15. The van der Waals surface area contributed by atoms with E-state index in [4.69, 9.17) is 0 Å². The second-order valence-corrected chi connectivity index (χ2v) is 7.94. The van der Waals surface area contributed by atoms with E-state index in [2.05, 4.69) is 0 Å². The van der Waals surface area contributed by atoms with Crippen LogP contribution in [-0.4, -0.2) is 14.2 Å². The van der Waals surface area contributed by atoms with E-state index < -0.39 is 0 Å². The largest absolute Gasteiger partial charge is 0.508 e. The van der Waals surface area contributed by atoms with Crippen molar-refractivity contribution in [3.8, 4) is 5.75 Å².